The summed E-state index contributed by atoms with van der Waals surface area (Å²) < 4.78 is 21.8. The monoisotopic (exact) mass is 703 g/mol. The highest BCUT2D eigenvalue weighted by molar-refractivity contribution is 8.00. The Hall–Kier alpha value is -6.20. The molecule has 10 nitrogen and oxygen atoms in total. The van der Waals surface area contributed by atoms with E-state index in [0.29, 0.717) is 45.5 Å². The topological polar surface area (TPSA) is 124 Å². The molecule has 1 unspecified atom stereocenters. The van der Waals surface area contributed by atoms with Gasteiger partial charge in [-0.05, 0) is 66.2 Å². The van der Waals surface area contributed by atoms with Crippen LogP contribution in [0.1, 0.15) is 26.7 Å². The molecule has 0 heterocycles. The third kappa shape index (κ3) is 9.28. The largest absolute Gasteiger partial charge is 0.496 e. The van der Waals surface area contributed by atoms with Crippen LogP contribution in [0, 0.1) is 0 Å². The standard InChI is InChI=1S/C40H37N3O7S/c1-47-33-18-12-11-17-31(33)42-40(46)37(26-13-7-5-8-14-26)51-30-21-19-29(20-22-30)41-39(45)32(43-38(44)27-15-9-6-10-16-27)23-28-24-35(49-3)36(50-4)25-34(28)48-2/h5-25,37H,1-4H3,(H,41,45)(H,42,46)(H,43,44)/b32-23-. The number of para-hydroxylation sites is 2. The summed E-state index contributed by atoms with van der Waals surface area (Å²) >= 11 is 1.36. The van der Waals surface area contributed by atoms with Gasteiger partial charge in [-0.25, -0.2) is 0 Å². The van der Waals surface area contributed by atoms with Crippen molar-refractivity contribution in [3.8, 4) is 23.0 Å². The number of nitrogens with one attached hydrogen (secondary N) is 3. The third-order valence-electron chi connectivity index (χ3n) is 7.64. The van der Waals surface area contributed by atoms with Gasteiger partial charge in [-0.15, -0.1) is 11.8 Å². The van der Waals surface area contributed by atoms with Crippen LogP contribution in [0.2, 0.25) is 0 Å². The minimum Gasteiger partial charge on any atom is -0.496 e. The molecule has 0 radical (unpaired) electrons. The van der Waals surface area contributed by atoms with Crippen LogP contribution in [0.5, 0.6) is 23.0 Å². The van der Waals surface area contributed by atoms with E-state index in [-0.39, 0.29) is 11.6 Å². The molecule has 0 aliphatic heterocycles. The molecule has 0 bridgehead atoms. The third-order valence-corrected chi connectivity index (χ3v) is 8.90. The Labute approximate surface area is 300 Å². The highest BCUT2D eigenvalue weighted by atomic mass is 32.2. The van der Waals surface area contributed by atoms with Crippen LogP contribution >= 0.6 is 11.8 Å². The van der Waals surface area contributed by atoms with Crippen molar-refractivity contribution in [3.63, 3.8) is 0 Å². The fraction of sp³-hybridized carbons (Fsp3) is 0.125. The summed E-state index contributed by atoms with van der Waals surface area (Å²) in [6.45, 7) is 0. The summed E-state index contributed by atoms with van der Waals surface area (Å²) in [6, 6.07) is 35.6. The van der Waals surface area contributed by atoms with Crippen molar-refractivity contribution in [2.24, 2.45) is 0 Å². The van der Waals surface area contributed by atoms with Crippen molar-refractivity contribution in [1.29, 1.82) is 0 Å². The lowest BCUT2D eigenvalue weighted by molar-refractivity contribution is -0.116. The van der Waals surface area contributed by atoms with Gasteiger partial charge in [-0.2, -0.15) is 0 Å². The zero-order chi connectivity index (χ0) is 36.2. The van der Waals surface area contributed by atoms with E-state index in [9.17, 15) is 14.4 Å². The molecule has 51 heavy (non-hydrogen) atoms. The van der Waals surface area contributed by atoms with Crippen LogP contribution in [-0.4, -0.2) is 46.2 Å². The van der Waals surface area contributed by atoms with Crippen molar-refractivity contribution in [3.05, 3.63) is 144 Å². The summed E-state index contributed by atoms with van der Waals surface area (Å²) in [4.78, 5) is 41.4. The second-order valence-electron chi connectivity index (χ2n) is 10.9. The number of carbonyl (C=O) groups excluding carboxylic acids is 3. The molecule has 0 fully saturated rings. The summed E-state index contributed by atoms with van der Waals surface area (Å²) in [5.41, 5.74) is 2.67. The predicted octanol–water partition coefficient (Wildman–Crippen LogP) is 7.60. The Bertz CT molecular complexity index is 2000. The van der Waals surface area contributed by atoms with Crippen LogP contribution in [-0.2, 0) is 9.59 Å². The number of ether oxygens (including phenoxy) is 4. The highest BCUT2D eigenvalue weighted by Gasteiger charge is 2.24. The van der Waals surface area contributed by atoms with E-state index in [0.717, 1.165) is 10.5 Å². The molecular weight excluding hydrogens is 667 g/mol. The van der Waals surface area contributed by atoms with E-state index in [2.05, 4.69) is 16.0 Å². The van der Waals surface area contributed by atoms with Crippen LogP contribution in [0.25, 0.3) is 6.08 Å². The molecule has 0 aliphatic rings. The molecule has 1 atom stereocenters. The molecule has 3 N–H and O–H groups in total. The average Bonchev–Trinajstić information content (AvgIpc) is 3.17. The quantitative estimate of drug-likeness (QED) is 0.0798. The van der Waals surface area contributed by atoms with Gasteiger partial charge in [0.15, 0.2) is 11.5 Å². The van der Waals surface area contributed by atoms with Crippen molar-refractivity contribution < 1.29 is 33.3 Å². The highest BCUT2D eigenvalue weighted by Crippen LogP contribution is 2.38. The Balaban J connectivity index is 1.39. The average molecular weight is 704 g/mol. The molecule has 11 heteroatoms. The number of carbonyl (C=O) groups is 3. The molecule has 0 aliphatic carbocycles. The minimum absolute atomic E-state index is 0.0371. The van der Waals surface area contributed by atoms with Gasteiger partial charge in [-0.3, -0.25) is 14.4 Å². The number of hydrogen-bond donors (Lipinski definition) is 3. The maximum absolute atomic E-state index is 13.8. The first-order valence-corrected chi connectivity index (χ1v) is 16.7. The molecular formula is C40H37N3O7S. The number of benzene rings is 5. The smallest absolute Gasteiger partial charge is 0.272 e. The van der Waals surface area contributed by atoms with Crippen LogP contribution in [0.4, 0.5) is 11.4 Å². The normalized spacial score (nSPS) is 11.5. The summed E-state index contributed by atoms with van der Waals surface area (Å²) in [5, 5.41) is 8.01. The SMILES string of the molecule is COc1cc(OC)c(OC)cc1/C=C(\NC(=O)c1ccccc1)C(=O)Nc1ccc(SC(C(=O)Nc2ccccc2OC)c2ccccc2)cc1. The summed E-state index contributed by atoms with van der Waals surface area (Å²) in [7, 11) is 6.05. The number of thioether (sulfide) groups is 1. The lowest BCUT2D eigenvalue weighted by atomic mass is 10.1. The van der Waals surface area contributed by atoms with Crippen molar-refractivity contribution in [1.82, 2.24) is 5.32 Å². The molecule has 0 aromatic heterocycles. The van der Waals surface area contributed by atoms with Crippen LogP contribution < -0.4 is 34.9 Å². The predicted molar refractivity (Wildman–Crippen MR) is 200 cm³/mol. The number of hydrogen-bond acceptors (Lipinski definition) is 8. The van der Waals surface area contributed by atoms with E-state index in [4.69, 9.17) is 18.9 Å². The second-order valence-corrected chi connectivity index (χ2v) is 12.1. The first-order valence-electron chi connectivity index (χ1n) is 15.8. The molecule has 5 aromatic rings. The first-order chi connectivity index (χ1) is 24.8. The van der Waals surface area contributed by atoms with E-state index in [1.807, 2.05) is 54.6 Å². The summed E-state index contributed by atoms with van der Waals surface area (Å²) in [6.07, 6.45) is 1.51. The van der Waals surface area contributed by atoms with Gasteiger partial charge in [0, 0.05) is 27.8 Å². The Kier molecular flexibility index (Phi) is 12.4. The van der Waals surface area contributed by atoms with Crippen molar-refractivity contribution >= 4 is 46.9 Å². The van der Waals surface area contributed by atoms with Gasteiger partial charge in [0.05, 0.1) is 34.1 Å². The maximum atomic E-state index is 13.8. The summed E-state index contributed by atoms with van der Waals surface area (Å²) in [5.74, 6) is 0.545. The van der Waals surface area contributed by atoms with Crippen LogP contribution in [0.3, 0.4) is 0 Å². The van der Waals surface area contributed by atoms with Gasteiger partial charge in [0.2, 0.25) is 5.91 Å². The van der Waals surface area contributed by atoms with Gasteiger partial charge in [0.1, 0.15) is 22.4 Å². The van der Waals surface area contributed by atoms with Gasteiger partial charge < -0.3 is 34.9 Å². The molecule has 0 spiro atoms. The molecule has 5 aromatic carbocycles. The second kappa shape index (κ2) is 17.5. The number of amides is 3. The Morgan fingerprint density at radius 1 is 0.627 bits per heavy atom. The number of rotatable bonds is 14. The van der Waals surface area contributed by atoms with Gasteiger partial charge in [0.25, 0.3) is 11.8 Å². The molecule has 5 rings (SSSR count). The first kappa shape index (κ1) is 36.1. The molecule has 0 saturated heterocycles. The Morgan fingerprint density at radius 3 is 1.86 bits per heavy atom. The maximum Gasteiger partial charge on any atom is 0.272 e. The van der Waals surface area contributed by atoms with E-state index in [1.54, 1.807) is 73.8 Å². The zero-order valence-corrected chi connectivity index (χ0v) is 29.3. The van der Waals surface area contributed by atoms with Gasteiger partial charge in [-0.1, -0.05) is 60.7 Å². The fourth-order valence-corrected chi connectivity index (χ4v) is 6.09. The van der Waals surface area contributed by atoms with Crippen LogP contribution in [0.15, 0.2) is 132 Å². The molecule has 0 saturated carbocycles. The molecule has 3 amide bonds. The fourth-order valence-electron chi connectivity index (χ4n) is 5.06. The van der Waals surface area contributed by atoms with Gasteiger partial charge >= 0.3 is 0 Å². The lowest BCUT2D eigenvalue weighted by Gasteiger charge is -2.18. The molecule has 260 valence electrons. The Morgan fingerprint density at radius 2 is 1.22 bits per heavy atom. The van der Waals surface area contributed by atoms with Crippen molar-refractivity contribution in [2.45, 2.75) is 10.1 Å². The number of methoxy groups -OCH3 is 4. The zero-order valence-electron chi connectivity index (χ0n) is 28.5. The van der Waals surface area contributed by atoms with Crippen molar-refractivity contribution in [2.75, 3.05) is 39.1 Å². The van der Waals surface area contributed by atoms with E-state index < -0.39 is 17.1 Å². The minimum atomic E-state index is -0.587. The number of anilines is 2. The van der Waals surface area contributed by atoms with E-state index in [1.165, 1.54) is 39.2 Å². The lowest BCUT2D eigenvalue weighted by Crippen LogP contribution is -2.30. The van der Waals surface area contributed by atoms with E-state index >= 15 is 0 Å².